The van der Waals surface area contributed by atoms with Gasteiger partial charge in [-0.25, -0.2) is 0 Å². The summed E-state index contributed by atoms with van der Waals surface area (Å²) in [6.45, 7) is 9.38. The summed E-state index contributed by atoms with van der Waals surface area (Å²) in [5, 5.41) is 2.56. The van der Waals surface area contributed by atoms with Gasteiger partial charge in [0, 0.05) is 32.7 Å². The second kappa shape index (κ2) is 7.97. The average molecular weight is 643 g/mol. The summed E-state index contributed by atoms with van der Waals surface area (Å²) in [5.41, 5.74) is 12.9. The van der Waals surface area contributed by atoms with Gasteiger partial charge in [0.2, 0.25) is 0 Å². The maximum atomic E-state index is 5.04. The molecule has 7 rings (SSSR count). The minimum Gasteiger partial charge on any atom is -0.304 e. The second-order valence-corrected chi connectivity index (χ2v) is 11.2. The van der Waals surface area contributed by atoms with Crippen LogP contribution < -0.4 is 0 Å². The zero-order valence-electron chi connectivity index (χ0n) is 21.1. The third-order valence-corrected chi connectivity index (χ3v) is 8.51. The fourth-order valence-corrected chi connectivity index (χ4v) is 6.61. The van der Waals surface area contributed by atoms with Crippen molar-refractivity contribution in [1.82, 2.24) is 4.98 Å². The maximum Gasteiger partial charge on any atom is 0.0202 e. The summed E-state index contributed by atoms with van der Waals surface area (Å²) in [6, 6.07) is 32.6. The molecule has 4 aromatic carbocycles. The molecule has 36 heavy (non-hydrogen) atoms. The molecule has 1 radical (unpaired) electrons. The van der Waals surface area contributed by atoms with E-state index in [9.17, 15) is 0 Å². The Labute approximate surface area is 227 Å². The quantitative estimate of drug-likeness (QED) is 0.165. The summed E-state index contributed by atoms with van der Waals surface area (Å²) in [6.07, 6.45) is 3.03. The van der Waals surface area contributed by atoms with Gasteiger partial charge in [0.25, 0.3) is 0 Å². The number of nitrogens with zero attached hydrogens (tertiary/aromatic N) is 1. The largest absolute Gasteiger partial charge is 0.304 e. The van der Waals surface area contributed by atoms with Crippen molar-refractivity contribution in [2.45, 2.75) is 44.9 Å². The number of pyridine rings is 1. The third kappa shape index (κ3) is 3.08. The van der Waals surface area contributed by atoms with Crippen LogP contribution in [0.1, 0.15) is 61.1 Å². The van der Waals surface area contributed by atoms with Crippen LogP contribution in [0, 0.1) is 6.07 Å². The van der Waals surface area contributed by atoms with Gasteiger partial charge in [-0.05, 0) is 60.7 Å². The second-order valence-electron chi connectivity index (χ2n) is 11.2. The standard InChI is InChI=1S/C34H28N.Ir/c1-33(2)27-14-7-8-15-28(27)34(3,4)30-19-22(16-17-29(30)33)32-26-13-9-12-25-24-11-6-5-10-21(24)18-23(20-35-32)31(25)26;/h5-15,17,19-20H,18H2,1-4H3;/q-1;. The number of benzene rings is 4. The van der Waals surface area contributed by atoms with Crippen LogP contribution in [-0.2, 0) is 37.4 Å². The normalized spacial score (nSPS) is 15.9. The van der Waals surface area contributed by atoms with Crippen molar-refractivity contribution in [3.63, 3.8) is 0 Å². The number of hydrogen-bond acceptors (Lipinski definition) is 1. The van der Waals surface area contributed by atoms with Gasteiger partial charge in [-0.2, -0.15) is 0 Å². The topological polar surface area (TPSA) is 12.9 Å². The van der Waals surface area contributed by atoms with E-state index in [1.165, 1.54) is 55.3 Å². The predicted molar refractivity (Wildman–Crippen MR) is 145 cm³/mol. The van der Waals surface area contributed by atoms with E-state index >= 15 is 0 Å². The first-order chi connectivity index (χ1) is 16.9. The molecule has 0 aliphatic heterocycles. The Kier molecular flexibility index (Phi) is 5.17. The maximum absolute atomic E-state index is 5.04. The number of rotatable bonds is 1. The minimum absolute atomic E-state index is 0. The van der Waals surface area contributed by atoms with Gasteiger partial charge >= 0.3 is 0 Å². The molecule has 0 spiro atoms. The van der Waals surface area contributed by atoms with Crippen LogP contribution in [0.15, 0.2) is 85.1 Å². The van der Waals surface area contributed by atoms with Gasteiger partial charge in [0.05, 0.1) is 0 Å². The molecule has 2 aliphatic carbocycles. The Morgan fingerprint density at radius 3 is 2.14 bits per heavy atom. The number of aromatic nitrogens is 1. The average Bonchev–Trinajstić information content (AvgIpc) is 2.88. The van der Waals surface area contributed by atoms with Gasteiger partial charge in [-0.15, -0.1) is 34.9 Å². The van der Waals surface area contributed by atoms with Crippen LogP contribution in [0.2, 0.25) is 0 Å². The molecule has 2 aliphatic rings. The van der Waals surface area contributed by atoms with E-state index in [1.54, 1.807) is 0 Å². The first kappa shape index (κ1) is 23.3. The fourth-order valence-electron chi connectivity index (χ4n) is 6.61. The van der Waals surface area contributed by atoms with Crippen LogP contribution in [0.5, 0.6) is 0 Å². The molecule has 0 N–H and O–H groups in total. The first-order valence-electron chi connectivity index (χ1n) is 12.5. The van der Waals surface area contributed by atoms with E-state index in [-0.39, 0.29) is 30.9 Å². The fraction of sp³-hybridized carbons (Fsp3) is 0.206. The Morgan fingerprint density at radius 1 is 0.694 bits per heavy atom. The predicted octanol–water partition coefficient (Wildman–Crippen LogP) is 8.24. The molecule has 0 saturated carbocycles. The smallest absolute Gasteiger partial charge is 0.0202 e. The molecule has 5 aromatic rings. The van der Waals surface area contributed by atoms with E-state index in [4.69, 9.17) is 4.98 Å². The van der Waals surface area contributed by atoms with E-state index < -0.39 is 0 Å². The van der Waals surface area contributed by atoms with Crippen molar-refractivity contribution in [1.29, 1.82) is 0 Å². The molecule has 0 saturated heterocycles. The summed E-state index contributed by atoms with van der Waals surface area (Å²) in [7, 11) is 0. The molecule has 0 amide bonds. The Bertz CT molecular complexity index is 1670. The van der Waals surface area contributed by atoms with E-state index in [2.05, 4.69) is 119 Å². The molecule has 179 valence electrons. The summed E-state index contributed by atoms with van der Waals surface area (Å²) in [5.74, 6) is 0. The number of hydrogen-bond donors (Lipinski definition) is 0. The molecular weight excluding hydrogens is 615 g/mol. The van der Waals surface area contributed by atoms with E-state index in [0.29, 0.717) is 0 Å². The van der Waals surface area contributed by atoms with Gasteiger partial charge < -0.3 is 4.98 Å². The molecule has 0 bridgehead atoms. The summed E-state index contributed by atoms with van der Waals surface area (Å²) in [4.78, 5) is 5.04. The van der Waals surface area contributed by atoms with Gasteiger partial charge in [0.1, 0.15) is 0 Å². The molecule has 1 aromatic heterocycles. The molecule has 0 unspecified atom stereocenters. The van der Waals surface area contributed by atoms with Crippen molar-refractivity contribution < 1.29 is 20.1 Å². The van der Waals surface area contributed by atoms with E-state index in [1.807, 2.05) is 0 Å². The molecule has 0 atom stereocenters. The van der Waals surface area contributed by atoms with Crippen molar-refractivity contribution in [2.75, 3.05) is 0 Å². The van der Waals surface area contributed by atoms with Gasteiger partial charge in [-0.3, -0.25) is 0 Å². The van der Waals surface area contributed by atoms with Gasteiger partial charge in [-0.1, -0.05) is 94.4 Å². The van der Waals surface area contributed by atoms with Crippen LogP contribution in [0.4, 0.5) is 0 Å². The van der Waals surface area contributed by atoms with Crippen molar-refractivity contribution in [2.24, 2.45) is 0 Å². The van der Waals surface area contributed by atoms with Crippen LogP contribution >= 0.6 is 0 Å². The number of fused-ring (bicyclic) bond motifs is 4. The van der Waals surface area contributed by atoms with Crippen LogP contribution in [-0.4, -0.2) is 4.98 Å². The van der Waals surface area contributed by atoms with Crippen LogP contribution in [0.3, 0.4) is 0 Å². The monoisotopic (exact) mass is 643 g/mol. The first-order valence-corrected chi connectivity index (χ1v) is 12.5. The zero-order chi connectivity index (χ0) is 23.9. The summed E-state index contributed by atoms with van der Waals surface area (Å²) >= 11 is 0. The van der Waals surface area contributed by atoms with Crippen molar-refractivity contribution in [3.05, 3.63) is 125 Å². The Balaban J connectivity index is 0.00000240. The summed E-state index contributed by atoms with van der Waals surface area (Å²) < 4.78 is 0. The molecule has 2 heteroatoms. The zero-order valence-corrected chi connectivity index (χ0v) is 23.5. The Morgan fingerprint density at radius 2 is 1.36 bits per heavy atom. The van der Waals surface area contributed by atoms with Crippen molar-refractivity contribution in [3.8, 4) is 22.4 Å². The minimum atomic E-state index is -0.0867. The molecule has 1 nitrogen and oxygen atoms in total. The van der Waals surface area contributed by atoms with Crippen LogP contribution in [0.25, 0.3) is 33.2 Å². The Hall–Kier alpha value is -3.06. The SMILES string of the molecule is CC1(C)c2c[c-]c(-c3ncc4c5c(cccc35)-c3ccccc3C4)cc2C(C)(C)c2ccccc21.[Ir]. The molecule has 0 fully saturated rings. The van der Waals surface area contributed by atoms with Crippen molar-refractivity contribution >= 4 is 10.8 Å². The molecule has 1 heterocycles. The van der Waals surface area contributed by atoms with E-state index in [0.717, 1.165) is 17.7 Å². The third-order valence-electron chi connectivity index (χ3n) is 8.51. The van der Waals surface area contributed by atoms with Gasteiger partial charge in [0.15, 0.2) is 0 Å². The molecular formula is C34H28IrN-.